The third-order valence-electron chi connectivity index (χ3n) is 2.64. The molecule has 0 aliphatic carbocycles. The zero-order valence-corrected chi connectivity index (χ0v) is 8.79. The molecule has 4 heteroatoms. The van der Waals surface area contributed by atoms with E-state index >= 15 is 0 Å². The van der Waals surface area contributed by atoms with E-state index in [1.165, 1.54) is 6.20 Å². The van der Waals surface area contributed by atoms with Crippen molar-refractivity contribution < 1.29 is 9.13 Å². The molecule has 0 spiro atoms. The molecule has 1 saturated heterocycles. The van der Waals surface area contributed by atoms with Crippen LogP contribution in [0.1, 0.15) is 18.9 Å². The average molecular weight is 210 g/mol. The van der Waals surface area contributed by atoms with E-state index in [2.05, 4.69) is 10.3 Å². The number of aromatic nitrogens is 1. The molecule has 0 saturated carbocycles. The SMILES string of the molecule is CCc1cc(OC[C@@H]2CCN2)cnc1F. The van der Waals surface area contributed by atoms with Crippen molar-refractivity contribution in [3.8, 4) is 5.75 Å². The Morgan fingerprint density at radius 3 is 3.07 bits per heavy atom. The highest BCUT2D eigenvalue weighted by Gasteiger charge is 2.16. The molecule has 1 aromatic rings. The zero-order chi connectivity index (χ0) is 10.7. The van der Waals surface area contributed by atoms with Crippen molar-refractivity contribution in [2.24, 2.45) is 0 Å². The summed E-state index contributed by atoms with van der Waals surface area (Å²) >= 11 is 0. The highest BCUT2D eigenvalue weighted by molar-refractivity contribution is 5.24. The Hall–Kier alpha value is -1.16. The van der Waals surface area contributed by atoms with Crippen molar-refractivity contribution in [3.05, 3.63) is 23.8 Å². The van der Waals surface area contributed by atoms with Crippen molar-refractivity contribution in [3.63, 3.8) is 0 Å². The summed E-state index contributed by atoms with van der Waals surface area (Å²) in [5, 5.41) is 3.24. The van der Waals surface area contributed by atoms with E-state index in [0.29, 0.717) is 30.4 Å². The number of nitrogens with one attached hydrogen (secondary N) is 1. The molecule has 1 atom stereocenters. The standard InChI is InChI=1S/C11H15FN2O/c1-2-8-5-10(6-14-11(8)12)15-7-9-3-4-13-9/h5-6,9,13H,2-4,7H2,1H3/t9-/m0/s1. The summed E-state index contributed by atoms with van der Waals surface area (Å²) in [5.41, 5.74) is 0.606. The number of hydrogen-bond acceptors (Lipinski definition) is 3. The van der Waals surface area contributed by atoms with Gasteiger partial charge < -0.3 is 10.1 Å². The smallest absolute Gasteiger partial charge is 0.216 e. The minimum absolute atomic E-state index is 0.397. The molecule has 1 aliphatic heterocycles. The molecule has 0 aromatic carbocycles. The molecule has 15 heavy (non-hydrogen) atoms. The number of ether oxygens (including phenoxy) is 1. The maximum absolute atomic E-state index is 13.1. The quantitative estimate of drug-likeness (QED) is 0.765. The van der Waals surface area contributed by atoms with Gasteiger partial charge in [0.2, 0.25) is 5.95 Å². The van der Waals surface area contributed by atoms with E-state index in [4.69, 9.17) is 4.74 Å². The topological polar surface area (TPSA) is 34.1 Å². The molecule has 0 bridgehead atoms. The van der Waals surface area contributed by atoms with Crippen LogP contribution in [0.3, 0.4) is 0 Å². The van der Waals surface area contributed by atoms with Gasteiger partial charge in [-0.2, -0.15) is 4.39 Å². The van der Waals surface area contributed by atoms with E-state index < -0.39 is 5.95 Å². The summed E-state index contributed by atoms with van der Waals surface area (Å²) in [6, 6.07) is 2.17. The Kier molecular flexibility index (Phi) is 3.16. The van der Waals surface area contributed by atoms with Gasteiger partial charge >= 0.3 is 0 Å². The lowest BCUT2D eigenvalue weighted by Gasteiger charge is -2.27. The van der Waals surface area contributed by atoms with Gasteiger partial charge in [0.15, 0.2) is 0 Å². The first-order valence-electron chi connectivity index (χ1n) is 5.30. The first kappa shape index (κ1) is 10.4. The van der Waals surface area contributed by atoms with Gasteiger partial charge in [-0.15, -0.1) is 0 Å². The maximum atomic E-state index is 13.1. The summed E-state index contributed by atoms with van der Waals surface area (Å²) in [6.07, 6.45) is 3.22. The molecule has 0 radical (unpaired) electrons. The molecule has 0 unspecified atom stereocenters. The number of halogens is 1. The van der Waals surface area contributed by atoms with Gasteiger partial charge in [0, 0.05) is 11.6 Å². The minimum atomic E-state index is -0.397. The molecule has 1 aliphatic rings. The predicted octanol–water partition coefficient (Wildman–Crippen LogP) is 1.52. The lowest BCUT2D eigenvalue weighted by molar-refractivity contribution is 0.216. The second-order valence-corrected chi connectivity index (χ2v) is 3.73. The summed E-state index contributed by atoms with van der Waals surface area (Å²) in [5.74, 6) is 0.258. The van der Waals surface area contributed by atoms with Crippen LogP contribution in [0.4, 0.5) is 4.39 Å². The van der Waals surface area contributed by atoms with Gasteiger partial charge in [0.1, 0.15) is 12.4 Å². The molecule has 1 N–H and O–H groups in total. The second kappa shape index (κ2) is 4.57. The van der Waals surface area contributed by atoms with Crippen LogP contribution < -0.4 is 10.1 Å². The second-order valence-electron chi connectivity index (χ2n) is 3.73. The van der Waals surface area contributed by atoms with Crippen LogP contribution in [-0.4, -0.2) is 24.2 Å². The number of rotatable bonds is 4. The third-order valence-corrected chi connectivity index (χ3v) is 2.64. The van der Waals surface area contributed by atoms with Gasteiger partial charge in [-0.05, 0) is 25.5 Å². The average Bonchev–Trinajstić information content (AvgIpc) is 2.18. The molecule has 2 rings (SSSR count). The van der Waals surface area contributed by atoms with Crippen LogP contribution in [0, 0.1) is 5.95 Å². The van der Waals surface area contributed by atoms with Crippen LogP contribution in [0.5, 0.6) is 5.75 Å². The van der Waals surface area contributed by atoms with E-state index in [0.717, 1.165) is 13.0 Å². The maximum Gasteiger partial charge on any atom is 0.216 e. The van der Waals surface area contributed by atoms with Crippen molar-refractivity contribution in [1.29, 1.82) is 0 Å². The Bertz CT molecular complexity index is 339. The van der Waals surface area contributed by atoms with Crippen LogP contribution in [0.15, 0.2) is 12.3 Å². The lowest BCUT2D eigenvalue weighted by atomic mass is 10.1. The lowest BCUT2D eigenvalue weighted by Crippen LogP contribution is -2.46. The number of aryl methyl sites for hydroxylation is 1. The van der Waals surface area contributed by atoms with Gasteiger partial charge in [-0.3, -0.25) is 0 Å². The van der Waals surface area contributed by atoms with Crippen LogP contribution in [0.25, 0.3) is 0 Å². The third kappa shape index (κ3) is 2.45. The fraction of sp³-hybridized carbons (Fsp3) is 0.545. The van der Waals surface area contributed by atoms with Gasteiger partial charge in [-0.1, -0.05) is 6.92 Å². The number of hydrogen-bond donors (Lipinski definition) is 1. The Labute approximate surface area is 88.7 Å². The number of pyridine rings is 1. The first-order valence-corrected chi connectivity index (χ1v) is 5.30. The minimum Gasteiger partial charge on any atom is -0.490 e. The molecule has 1 aromatic heterocycles. The fourth-order valence-corrected chi connectivity index (χ4v) is 1.49. The Balaban J connectivity index is 1.95. The largest absolute Gasteiger partial charge is 0.490 e. The predicted molar refractivity (Wildman–Crippen MR) is 55.5 cm³/mol. The van der Waals surface area contributed by atoms with Crippen molar-refractivity contribution >= 4 is 0 Å². The molecular weight excluding hydrogens is 195 g/mol. The molecule has 3 nitrogen and oxygen atoms in total. The highest BCUT2D eigenvalue weighted by Crippen LogP contribution is 2.15. The van der Waals surface area contributed by atoms with E-state index in [9.17, 15) is 4.39 Å². The van der Waals surface area contributed by atoms with Crippen LogP contribution >= 0.6 is 0 Å². The molecule has 2 heterocycles. The summed E-state index contributed by atoms with van der Waals surface area (Å²) in [6.45, 7) is 3.60. The summed E-state index contributed by atoms with van der Waals surface area (Å²) < 4.78 is 18.6. The highest BCUT2D eigenvalue weighted by atomic mass is 19.1. The fourth-order valence-electron chi connectivity index (χ4n) is 1.49. The normalized spacial score (nSPS) is 19.7. The summed E-state index contributed by atoms with van der Waals surface area (Å²) in [7, 11) is 0. The van der Waals surface area contributed by atoms with E-state index in [-0.39, 0.29) is 0 Å². The first-order chi connectivity index (χ1) is 7.29. The zero-order valence-electron chi connectivity index (χ0n) is 8.79. The van der Waals surface area contributed by atoms with E-state index in [1.807, 2.05) is 6.92 Å². The molecule has 0 amide bonds. The molecule has 1 fully saturated rings. The summed E-state index contributed by atoms with van der Waals surface area (Å²) in [4.78, 5) is 3.66. The Morgan fingerprint density at radius 1 is 1.67 bits per heavy atom. The van der Waals surface area contributed by atoms with Gasteiger partial charge in [0.25, 0.3) is 0 Å². The Morgan fingerprint density at radius 2 is 2.47 bits per heavy atom. The molecular formula is C11H15FN2O. The monoisotopic (exact) mass is 210 g/mol. The van der Waals surface area contributed by atoms with Crippen LogP contribution in [-0.2, 0) is 6.42 Å². The van der Waals surface area contributed by atoms with Crippen molar-refractivity contribution in [2.75, 3.05) is 13.2 Å². The van der Waals surface area contributed by atoms with Crippen molar-refractivity contribution in [2.45, 2.75) is 25.8 Å². The van der Waals surface area contributed by atoms with Crippen molar-refractivity contribution in [1.82, 2.24) is 10.3 Å². The molecule has 82 valence electrons. The number of nitrogens with zero attached hydrogens (tertiary/aromatic N) is 1. The van der Waals surface area contributed by atoms with Gasteiger partial charge in [0.05, 0.1) is 6.20 Å². The van der Waals surface area contributed by atoms with E-state index in [1.54, 1.807) is 6.07 Å². The van der Waals surface area contributed by atoms with Gasteiger partial charge in [-0.25, -0.2) is 4.98 Å². The van der Waals surface area contributed by atoms with Crippen LogP contribution in [0.2, 0.25) is 0 Å².